The molecule has 1 aromatic heterocycles. The minimum Gasteiger partial charge on any atom is -0.348 e. The molecule has 6 heteroatoms. The second-order valence-electron chi connectivity index (χ2n) is 7.43. The van der Waals surface area contributed by atoms with Gasteiger partial charge in [-0.25, -0.2) is 4.98 Å². The number of rotatable bonds is 5. The molecule has 0 aromatic carbocycles. The monoisotopic (exact) mass is 346 g/mol. The highest BCUT2D eigenvalue weighted by atomic mass is 16.2. The number of hydrogen-bond acceptors (Lipinski definition) is 3. The zero-order chi connectivity index (χ0) is 17.8. The maximum Gasteiger partial charge on any atom is 0.287 e. The van der Waals surface area contributed by atoms with Crippen LogP contribution in [0, 0.1) is 0 Å². The van der Waals surface area contributed by atoms with E-state index in [9.17, 15) is 9.59 Å². The van der Waals surface area contributed by atoms with Crippen molar-refractivity contribution in [3.05, 3.63) is 17.2 Å². The fraction of sp³-hybridized carbons (Fsp3) is 0.737. The fourth-order valence-corrected chi connectivity index (χ4v) is 3.79. The summed E-state index contributed by atoms with van der Waals surface area (Å²) in [4.78, 5) is 29.8. The lowest BCUT2D eigenvalue weighted by Crippen LogP contribution is -2.37. The van der Waals surface area contributed by atoms with Crippen molar-refractivity contribution >= 4 is 11.8 Å². The average molecular weight is 346 g/mol. The van der Waals surface area contributed by atoms with Crippen LogP contribution >= 0.6 is 0 Å². The molecule has 2 N–H and O–H groups in total. The normalized spacial score (nSPS) is 19.1. The highest BCUT2D eigenvalue weighted by Gasteiger charge is 2.29. The Bertz CT molecular complexity index is 632. The van der Waals surface area contributed by atoms with Crippen LogP contribution in [0.3, 0.4) is 0 Å². The minimum atomic E-state index is -0.156. The molecule has 2 aliphatic rings. The van der Waals surface area contributed by atoms with Crippen LogP contribution in [-0.4, -0.2) is 33.4 Å². The molecule has 1 aromatic rings. The SMILES string of the molecule is CCC(C)NC(=O)c1nc(C(=O)NC2CCCCC2)n2c1CCCC2. The van der Waals surface area contributed by atoms with Crippen molar-refractivity contribution in [2.45, 2.75) is 90.3 Å². The molecule has 25 heavy (non-hydrogen) atoms. The van der Waals surface area contributed by atoms with Gasteiger partial charge in [-0.1, -0.05) is 26.2 Å². The molecule has 1 aliphatic carbocycles. The van der Waals surface area contributed by atoms with Gasteiger partial charge in [-0.2, -0.15) is 0 Å². The quantitative estimate of drug-likeness (QED) is 0.861. The van der Waals surface area contributed by atoms with Gasteiger partial charge in [-0.05, 0) is 45.4 Å². The van der Waals surface area contributed by atoms with E-state index in [0.717, 1.165) is 50.8 Å². The summed E-state index contributed by atoms with van der Waals surface area (Å²) < 4.78 is 1.97. The minimum absolute atomic E-state index is 0.105. The maximum absolute atomic E-state index is 12.8. The largest absolute Gasteiger partial charge is 0.348 e. The Morgan fingerprint density at radius 1 is 1.16 bits per heavy atom. The van der Waals surface area contributed by atoms with Crippen molar-refractivity contribution in [1.29, 1.82) is 0 Å². The third-order valence-corrected chi connectivity index (χ3v) is 5.47. The molecule has 0 spiro atoms. The van der Waals surface area contributed by atoms with Crippen molar-refractivity contribution < 1.29 is 9.59 Å². The van der Waals surface area contributed by atoms with Crippen LogP contribution in [0.5, 0.6) is 0 Å². The van der Waals surface area contributed by atoms with Crippen molar-refractivity contribution in [3.8, 4) is 0 Å². The van der Waals surface area contributed by atoms with Gasteiger partial charge >= 0.3 is 0 Å². The van der Waals surface area contributed by atoms with Crippen LogP contribution in [-0.2, 0) is 13.0 Å². The first kappa shape index (κ1) is 18.0. The van der Waals surface area contributed by atoms with Crippen molar-refractivity contribution in [3.63, 3.8) is 0 Å². The number of aromatic nitrogens is 2. The lowest BCUT2D eigenvalue weighted by molar-refractivity contribution is 0.0911. The molecule has 138 valence electrons. The van der Waals surface area contributed by atoms with Gasteiger partial charge in [0, 0.05) is 18.6 Å². The van der Waals surface area contributed by atoms with E-state index in [1.165, 1.54) is 19.3 Å². The average Bonchev–Trinajstić information content (AvgIpc) is 3.02. The van der Waals surface area contributed by atoms with E-state index in [4.69, 9.17) is 0 Å². The Kier molecular flexibility index (Phi) is 5.76. The Morgan fingerprint density at radius 2 is 1.92 bits per heavy atom. The van der Waals surface area contributed by atoms with Crippen molar-refractivity contribution in [2.24, 2.45) is 0 Å². The summed E-state index contributed by atoms with van der Waals surface area (Å²) in [5.41, 5.74) is 1.36. The maximum atomic E-state index is 12.8. The van der Waals surface area contributed by atoms with E-state index in [1.807, 2.05) is 18.4 Å². The summed E-state index contributed by atoms with van der Waals surface area (Å²) in [5, 5.41) is 6.12. The molecule has 2 heterocycles. The Morgan fingerprint density at radius 3 is 2.64 bits per heavy atom. The first-order valence-corrected chi connectivity index (χ1v) is 9.81. The number of amides is 2. The van der Waals surface area contributed by atoms with Crippen molar-refractivity contribution in [2.75, 3.05) is 0 Å². The van der Waals surface area contributed by atoms with Crippen LogP contribution in [0.2, 0.25) is 0 Å². The molecule has 1 aliphatic heterocycles. The number of imidazole rings is 1. The van der Waals surface area contributed by atoms with Gasteiger partial charge in [0.2, 0.25) is 0 Å². The molecular formula is C19H30N4O2. The van der Waals surface area contributed by atoms with Crippen LogP contribution in [0.1, 0.15) is 92.0 Å². The molecule has 1 unspecified atom stereocenters. The molecule has 2 amide bonds. The second kappa shape index (κ2) is 8.02. The molecule has 6 nitrogen and oxygen atoms in total. The first-order valence-electron chi connectivity index (χ1n) is 9.81. The molecule has 1 atom stereocenters. The molecule has 3 rings (SSSR count). The molecule has 0 saturated heterocycles. The highest BCUT2D eigenvalue weighted by molar-refractivity contribution is 5.97. The van der Waals surface area contributed by atoms with E-state index in [-0.39, 0.29) is 23.9 Å². The van der Waals surface area contributed by atoms with Gasteiger partial charge in [0.15, 0.2) is 5.82 Å². The van der Waals surface area contributed by atoms with Crippen LogP contribution < -0.4 is 10.6 Å². The third-order valence-electron chi connectivity index (χ3n) is 5.47. The molecular weight excluding hydrogens is 316 g/mol. The van der Waals surface area contributed by atoms with Crippen LogP contribution in [0.4, 0.5) is 0 Å². The number of nitrogens with zero attached hydrogens (tertiary/aromatic N) is 2. The first-order chi connectivity index (χ1) is 12.1. The third kappa shape index (κ3) is 4.05. The Hall–Kier alpha value is -1.85. The van der Waals surface area contributed by atoms with Gasteiger partial charge in [-0.15, -0.1) is 0 Å². The molecule has 1 fully saturated rings. The van der Waals surface area contributed by atoms with E-state index >= 15 is 0 Å². The second-order valence-corrected chi connectivity index (χ2v) is 7.43. The summed E-state index contributed by atoms with van der Waals surface area (Å²) in [6, 6.07) is 0.350. The predicted octanol–water partition coefficient (Wildman–Crippen LogP) is 2.81. The number of nitrogens with one attached hydrogen (secondary N) is 2. The van der Waals surface area contributed by atoms with Gasteiger partial charge in [0.25, 0.3) is 11.8 Å². The van der Waals surface area contributed by atoms with E-state index in [2.05, 4.69) is 15.6 Å². The van der Waals surface area contributed by atoms with Gasteiger partial charge < -0.3 is 15.2 Å². The Labute approximate surface area is 149 Å². The predicted molar refractivity (Wildman–Crippen MR) is 96.7 cm³/mol. The summed E-state index contributed by atoms with van der Waals surface area (Å²) >= 11 is 0. The summed E-state index contributed by atoms with van der Waals surface area (Å²) in [6.07, 6.45) is 9.44. The molecule has 0 bridgehead atoms. The summed E-state index contributed by atoms with van der Waals surface area (Å²) in [6.45, 7) is 4.79. The van der Waals surface area contributed by atoms with Gasteiger partial charge in [-0.3, -0.25) is 9.59 Å². The van der Waals surface area contributed by atoms with Crippen LogP contribution in [0.25, 0.3) is 0 Å². The molecule has 0 radical (unpaired) electrons. The highest BCUT2D eigenvalue weighted by Crippen LogP contribution is 2.22. The number of carbonyl (C=O) groups excluding carboxylic acids is 2. The smallest absolute Gasteiger partial charge is 0.287 e. The van der Waals surface area contributed by atoms with Crippen molar-refractivity contribution in [1.82, 2.24) is 20.2 Å². The lowest BCUT2D eigenvalue weighted by atomic mass is 9.95. The zero-order valence-corrected chi connectivity index (χ0v) is 15.4. The van der Waals surface area contributed by atoms with Gasteiger partial charge in [0.05, 0.1) is 5.69 Å². The van der Waals surface area contributed by atoms with Crippen LogP contribution in [0.15, 0.2) is 0 Å². The topological polar surface area (TPSA) is 76.0 Å². The zero-order valence-electron chi connectivity index (χ0n) is 15.4. The Balaban J connectivity index is 1.81. The summed E-state index contributed by atoms with van der Waals surface area (Å²) in [7, 11) is 0. The summed E-state index contributed by atoms with van der Waals surface area (Å²) in [5.74, 6) is 0.129. The van der Waals surface area contributed by atoms with E-state index in [0.29, 0.717) is 11.5 Å². The van der Waals surface area contributed by atoms with Gasteiger partial charge in [0.1, 0.15) is 5.69 Å². The van der Waals surface area contributed by atoms with E-state index < -0.39 is 0 Å². The lowest BCUT2D eigenvalue weighted by Gasteiger charge is -2.23. The molecule has 1 saturated carbocycles. The number of fused-ring (bicyclic) bond motifs is 1. The number of hydrogen-bond donors (Lipinski definition) is 2. The standard InChI is InChI=1S/C19H30N4O2/c1-3-13(2)20-18(24)16-15-11-7-8-12-23(15)17(22-16)19(25)21-14-9-5-4-6-10-14/h13-14H,3-12H2,1-2H3,(H,20,24)(H,21,25). The van der Waals surface area contributed by atoms with E-state index in [1.54, 1.807) is 0 Å². The number of carbonyl (C=O) groups is 2. The fourth-order valence-electron chi connectivity index (χ4n) is 3.79.